The molecule has 144 valence electrons. The zero-order chi connectivity index (χ0) is 19.1. The summed E-state index contributed by atoms with van der Waals surface area (Å²) in [6, 6.07) is 7.71. The Morgan fingerprint density at radius 3 is 3.04 bits per heavy atom. The molecule has 0 aliphatic carbocycles. The van der Waals surface area contributed by atoms with E-state index in [4.69, 9.17) is 4.42 Å². The van der Waals surface area contributed by atoms with E-state index in [0.29, 0.717) is 19.5 Å². The van der Waals surface area contributed by atoms with Crippen LogP contribution in [0, 0.1) is 6.92 Å². The van der Waals surface area contributed by atoms with Gasteiger partial charge in [-0.1, -0.05) is 6.07 Å². The van der Waals surface area contributed by atoms with Gasteiger partial charge in [0, 0.05) is 17.8 Å². The van der Waals surface area contributed by atoms with Crippen molar-refractivity contribution in [1.29, 1.82) is 0 Å². The molecule has 1 unspecified atom stereocenters. The molecule has 0 saturated heterocycles. The van der Waals surface area contributed by atoms with Crippen molar-refractivity contribution >= 4 is 23.0 Å². The highest BCUT2D eigenvalue weighted by molar-refractivity contribution is 7.10. The number of aryl methyl sites for hydroxylation is 1. The number of carbonyl (C=O) groups excluding carboxylic acids is 1. The maximum Gasteiger partial charge on any atom is 0.257 e. The summed E-state index contributed by atoms with van der Waals surface area (Å²) in [6.45, 7) is 4.34. The molecule has 0 fully saturated rings. The van der Waals surface area contributed by atoms with Crippen molar-refractivity contribution in [3.8, 4) is 0 Å². The van der Waals surface area contributed by atoms with E-state index < -0.39 is 0 Å². The number of carbonyl (C=O) groups is 1. The van der Waals surface area contributed by atoms with Gasteiger partial charge in [0.15, 0.2) is 0 Å². The van der Waals surface area contributed by atoms with Gasteiger partial charge < -0.3 is 4.42 Å². The lowest BCUT2D eigenvalue weighted by molar-refractivity contribution is -0.134. The number of aromatic nitrogens is 3. The van der Waals surface area contributed by atoms with Gasteiger partial charge in [-0.15, -0.1) is 11.3 Å². The van der Waals surface area contributed by atoms with Crippen LogP contribution in [0.25, 0.3) is 0 Å². The van der Waals surface area contributed by atoms with Gasteiger partial charge in [0.25, 0.3) is 5.91 Å². The largest absolute Gasteiger partial charge is 0.463 e. The Morgan fingerprint density at radius 1 is 1.32 bits per heavy atom. The zero-order valence-electron chi connectivity index (χ0n) is 15.5. The molecule has 28 heavy (non-hydrogen) atoms. The third kappa shape index (κ3) is 3.16. The van der Waals surface area contributed by atoms with E-state index in [1.54, 1.807) is 22.6 Å². The van der Waals surface area contributed by atoms with Crippen LogP contribution in [-0.4, -0.2) is 49.4 Å². The molecular formula is C19H20N6O2S. The van der Waals surface area contributed by atoms with Gasteiger partial charge in [-0.2, -0.15) is 10.2 Å². The first-order chi connectivity index (χ1) is 13.7. The maximum absolute atomic E-state index is 13.2. The zero-order valence-corrected chi connectivity index (χ0v) is 16.3. The SMILES string of the molecule is Cc1nc2n(n1)CCN(CC(=O)N1N=C(c3ccco3)CC1c1cccs1)C2. The Bertz CT molecular complexity index is 1010. The average Bonchev–Trinajstić information content (AvgIpc) is 3.44. The number of hydrogen-bond donors (Lipinski definition) is 0. The molecule has 1 amide bonds. The number of hydrazone groups is 1. The van der Waals surface area contributed by atoms with E-state index in [-0.39, 0.29) is 11.9 Å². The van der Waals surface area contributed by atoms with Gasteiger partial charge in [0.05, 0.1) is 31.9 Å². The van der Waals surface area contributed by atoms with E-state index in [2.05, 4.69) is 26.2 Å². The van der Waals surface area contributed by atoms with Gasteiger partial charge in [-0.25, -0.2) is 14.7 Å². The molecule has 0 saturated carbocycles. The van der Waals surface area contributed by atoms with Crippen molar-refractivity contribution in [3.05, 3.63) is 58.2 Å². The summed E-state index contributed by atoms with van der Waals surface area (Å²) in [4.78, 5) is 20.9. The van der Waals surface area contributed by atoms with Crippen LogP contribution < -0.4 is 0 Å². The van der Waals surface area contributed by atoms with Crippen LogP contribution in [0.1, 0.15) is 34.7 Å². The summed E-state index contributed by atoms with van der Waals surface area (Å²) in [6.07, 6.45) is 2.29. The number of thiophene rings is 1. The highest BCUT2D eigenvalue weighted by Crippen LogP contribution is 2.35. The van der Waals surface area contributed by atoms with Crippen molar-refractivity contribution in [2.45, 2.75) is 32.5 Å². The fourth-order valence-electron chi connectivity index (χ4n) is 3.74. The predicted molar refractivity (Wildman–Crippen MR) is 104 cm³/mol. The van der Waals surface area contributed by atoms with E-state index in [1.165, 1.54) is 0 Å². The van der Waals surface area contributed by atoms with Crippen molar-refractivity contribution in [2.24, 2.45) is 5.10 Å². The fourth-order valence-corrected chi connectivity index (χ4v) is 4.56. The van der Waals surface area contributed by atoms with Gasteiger partial charge >= 0.3 is 0 Å². The highest BCUT2D eigenvalue weighted by Gasteiger charge is 2.35. The van der Waals surface area contributed by atoms with Crippen LogP contribution in [0.4, 0.5) is 0 Å². The second kappa shape index (κ2) is 6.99. The Kier molecular flexibility index (Phi) is 4.33. The van der Waals surface area contributed by atoms with Crippen molar-refractivity contribution in [2.75, 3.05) is 13.1 Å². The Labute approximate surface area is 166 Å². The number of fused-ring (bicyclic) bond motifs is 1. The molecule has 0 bridgehead atoms. The van der Waals surface area contributed by atoms with Crippen molar-refractivity contribution < 1.29 is 9.21 Å². The summed E-state index contributed by atoms with van der Waals surface area (Å²) < 4.78 is 7.43. The fraction of sp³-hybridized carbons (Fsp3) is 0.368. The van der Waals surface area contributed by atoms with E-state index in [0.717, 1.165) is 41.1 Å². The molecule has 9 heteroatoms. The summed E-state index contributed by atoms with van der Waals surface area (Å²) >= 11 is 1.65. The lowest BCUT2D eigenvalue weighted by Gasteiger charge is -2.28. The molecular weight excluding hydrogens is 376 g/mol. The Morgan fingerprint density at radius 2 is 2.25 bits per heavy atom. The first-order valence-corrected chi connectivity index (χ1v) is 10.1. The van der Waals surface area contributed by atoms with Crippen LogP contribution in [-0.2, 0) is 17.9 Å². The minimum Gasteiger partial charge on any atom is -0.463 e. The van der Waals surface area contributed by atoms with Gasteiger partial charge in [0.2, 0.25) is 0 Å². The Balaban J connectivity index is 1.35. The van der Waals surface area contributed by atoms with Gasteiger partial charge in [-0.3, -0.25) is 9.69 Å². The molecule has 8 nitrogen and oxygen atoms in total. The van der Waals surface area contributed by atoms with Crippen LogP contribution in [0.3, 0.4) is 0 Å². The maximum atomic E-state index is 13.2. The van der Waals surface area contributed by atoms with Crippen molar-refractivity contribution in [3.63, 3.8) is 0 Å². The third-order valence-corrected chi connectivity index (χ3v) is 6.02. The molecule has 3 aromatic heterocycles. The number of furan rings is 1. The van der Waals surface area contributed by atoms with E-state index >= 15 is 0 Å². The normalized spacial score (nSPS) is 19.7. The van der Waals surface area contributed by atoms with Crippen LogP contribution in [0.2, 0.25) is 0 Å². The number of rotatable bonds is 4. The van der Waals surface area contributed by atoms with Crippen LogP contribution in [0.5, 0.6) is 0 Å². The molecule has 0 N–H and O–H groups in total. The van der Waals surface area contributed by atoms with Crippen LogP contribution >= 0.6 is 11.3 Å². The number of nitrogens with zero attached hydrogens (tertiary/aromatic N) is 6. The molecule has 1 atom stereocenters. The summed E-state index contributed by atoms with van der Waals surface area (Å²) in [5, 5.41) is 12.7. The van der Waals surface area contributed by atoms with Gasteiger partial charge in [-0.05, 0) is 30.5 Å². The highest BCUT2D eigenvalue weighted by atomic mass is 32.1. The van der Waals surface area contributed by atoms with Crippen LogP contribution in [0.15, 0.2) is 45.4 Å². The summed E-state index contributed by atoms with van der Waals surface area (Å²) in [7, 11) is 0. The second-order valence-electron chi connectivity index (χ2n) is 7.01. The molecule has 0 spiro atoms. The van der Waals surface area contributed by atoms with E-state index in [9.17, 15) is 4.79 Å². The molecule has 0 radical (unpaired) electrons. The summed E-state index contributed by atoms with van der Waals surface area (Å²) in [5.41, 5.74) is 0.811. The molecule has 2 aliphatic rings. The third-order valence-electron chi connectivity index (χ3n) is 5.05. The lowest BCUT2D eigenvalue weighted by Crippen LogP contribution is -2.42. The first kappa shape index (κ1) is 17.3. The lowest BCUT2D eigenvalue weighted by atomic mass is 10.1. The molecule has 5 rings (SSSR count). The first-order valence-electron chi connectivity index (χ1n) is 9.27. The topological polar surface area (TPSA) is 79.8 Å². The monoisotopic (exact) mass is 396 g/mol. The quantitative estimate of drug-likeness (QED) is 0.677. The summed E-state index contributed by atoms with van der Waals surface area (Å²) in [5.74, 6) is 2.39. The second-order valence-corrected chi connectivity index (χ2v) is 7.99. The molecule has 5 heterocycles. The van der Waals surface area contributed by atoms with Crippen molar-refractivity contribution in [1.82, 2.24) is 24.7 Å². The minimum absolute atomic E-state index is 0.00959. The number of amides is 1. The Hall–Kier alpha value is -2.78. The van der Waals surface area contributed by atoms with E-state index in [1.807, 2.05) is 35.2 Å². The molecule has 2 aliphatic heterocycles. The number of hydrogen-bond acceptors (Lipinski definition) is 7. The van der Waals surface area contributed by atoms with Gasteiger partial charge in [0.1, 0.15) is 23.1 Å². The predicted octanol–water partition coefficient (Wildman–Crippen LogP) is 2.43. The minimum atomic E-state index is -0.0803. The smallest absolute Gasteiger partial charge is 0.257 e. The average molecular weight is 396 g/mol. The molecule has 0 aromatic carbocycles. The molecule has 3 aromatic rings. The standard InChI is InChI=1S/C19H20N6O2S/c1-13-20-18-11-23(6-7-24(18)21-13)12-19(26)25-15(17-5-3-9-28-17)10-14(22-25)16-4-2-8-27-16/h2-5,8-9,15H,6-7,10-12H2,1H3.